The maximum Gasteiger partial charge on any atom is 0.0828 e. The van der Waals surface area contributed by atoms with Crippen molar-refractivity contribution < 1.29 is 4.74 Å². The number of hydrogen-bond acceptors (Lipinski definition) is 2. The largest absolute Gasteiger partial charge is 0.373 e. The van der Waals surface area contributed by atoms with Gasteiger partial charge in [0.25, 0.3) is 0 Å². The molecular formula is C10H21NO. The van der Waals surface area contributed by atoms with Crippen LogP contribution in [0.4, 0.5) is 0 Å². The normalized spacial score (nSPS) is 31.0. The minimum absolute atomic E-state index is 0.118. The number of hydrogen-bond donors (Lipinski definition) is 1. The van der Waals surface area contributed by atoms with Crippen LogP contribution >= 0.6 is 0 Å². The number of ether oxygens (including phenoxy) is 1. The minimum atomic E-state index is 0.118. The molecule has 12 heavy (non-hydrogen) atoms. The molecule has 1 N–H and O–H groups in total. The highest BCUT2D eigenvalue weighted by atomic mass is 16.5. The molecule has 0 amide bonds. The second-order valence-corrected chi connectivity index (χ2v) is 4.06. The van der Waals surface area contributed by atoms with E-state index >= 15 is 0 Å². The van der Waals surface area contributed by atoms with Crippen molar-refractivity contribution in [2.75, 3.05) is 20.2 Å². The molecule has 1 fully saturated rings. The van der Waals surface area contributed by atoms with Crippen molar-refractivity contribution in [3.05, 3.63) is 0 Å². The first-order valence-corrected chi connectivity index (χ1v) is 5.00. The van der Waals surface area contributed by atoms with Crippen LogP contribution in [0.15, 0.2) is 0 Å². The summed E-state index contributed by atoms with van der Waals surface area (Å²) >= 11 is 0. The third-order valence-electron chi connectivity index (χ3n) is 2.91. The molecule has 1 aliphatic heterocycles. The van der Waals surface area contributed by atoms with Gasteiger partial charge >= 0.3 is 0 Å². The highest BCUT2D eigenvalue weighted by Crippen LogP contribution is 2.31. The van der Waals surface area contributed by atoms with Crippen LogP contribution in [0.25, 0.3) is 0 Å². The first kappa shape index (κ1) is 10.0. The van der Waals surface area contributed by atoms with E-state index in [-0.39, 0.29) is 5.60 Å². The molecule has 1 unspecified atom stereocenters. The van der Waals surface area contributed by atoms with Gasteiger partial charge in [0.1, 0.15) is 0 Å². The first-order valence-electron chi connectivity index (χ1n) is 5.00. The van der Waals surface area contributed by atoms with Gasteiger partial charge in [-0.2, -0.15) is 0 Å². The zero-order valence-electron chi connectivity index (χ0n) is 8.52. The van der Waals surface area contributed by atoms with E-state index in [1.54, 1.807) is 0 Å². The van der Waals surface area contributed by atoms with Gasteiger partial charge in [-0.15, -0.1) is 0 Å². The fourth-order valence-corrected chi connectivity index (χ4v) is 1.97. The Balaban J connectivity index is 2.56. The Morgan fingerprint density at radius 3 is 2.58 bits per heavy atom. The van der Waals surface area contributed by atoms with E-state index < -0.39 is 0 Å². The molecule has 0 aromatic carbocycles. The standard InChI is InChI=1S/C10H21NO/c1-9(2)10(8-11-3)6-4-5-7-12-10/h9,11H,4-8H2,1-3H3. The Morgan fingerprint density at radius 1 is 1.42 bits per heavy atom. The van der Waals surface area contributed by atoms with Gasteiger partial charge < -0.3 is 10.1 Å². The third-order valence-corrected chi connectivity index (χ3v) is 2.91. The number of likely N-dealkylation sites (N-methyl/N-ethyl adjacent to an activating group) is 1. The van der Waals surface area contributed by atoms with E-state index in [0.29, 0.717) is 5.92 Å². The van der Waals surface area contributed by atoms with E-state index in [1.807, 2.05) is 7.05 Å². The van der Waals surface area contributed by atoms with Crippen LogP contribution in [0.2, 0.25) is 0 Å². The molecule has 0 bridgehead atoms. The predicted octanol–water partition coefficient (Wildman–Crippen LogP) is 1.80. The molecule has 2 heteroatoms. The van der Waals surface area contributed by atoms with Crippen molar-refractivity contribution in [3.8, 4) is 0 Å². The average Bonchev–Trinajstić information content (AvgIpc) is 2.06. The Kier molecular flexibility index (Phi) is 3.53. The van der Waals surface area contributed by atoms with Crippen LogP contribution < -0.4 is 5.32 Å². The van der Waals surface area contributed by atoms with Gasteiger partial charge in [0.15, 0.2) is 0 Å². The summed E-state index contributed by atoms with van der Waals surface area (Å²) in [5, 5.41) is 3.23. The van der Waals surface area contributed by atoms with Crippen molar-refractivity contribution in [3.63, 3.8) is 0 Å². The molecule has 1 heterocycles. The Hall–Kier alpha value is -0.0800. The number of nitrogens with one attached hydrogen (secondary N) is 1. The quantitative estimate of drug-likeness (QED) is 0.699. The molecule has 0 aliphatic carbocycles. The maximum atomic E-state index is 5.90. The van der Waals surface area contributed by atoms with Crippen LogP contribution in [-0.2, 0) is 4.74 Å². The molecule has 72 valence electrons. The van der Waals surface area contributed by atoms with E-state index in [4.69, 9.17) is 4.74 Å². The minimum Gasteiger partial charge on any atom is -0.373 e. The van der Waals surface area contributed by atoms with Gasteiger partial charge in [0.05, 0.1) is 5.60 Å². The zero-order chi connectivity index (χ0) is 9.03. The summed E-state index contributed by atoms with van der Waals surface area (Å²) in [4.78, 5) is 0. The zero-order valence-corrected chi connectivity index (χ0v) is 8.52. The molecule has 0 aromatic heterocycles. The molecule has 1 saturated heterocycles. The van der Waals surface area contributed by atoms with E-state index in [1.165, 1.54) is 19.3 Å². The fourth-order valence-electron chi connectivity index (χ4n) is 1.97. The van der Waals surface area contributed by atoms with Crippen molar-refractivity contribution in [1.82, 2.24) is 5.32 Å². The molecule has 1 aliphatic rings. The fraction of sp³-hybridized carbons (Fsp3) is 1.00. The topological polar surface area (TPSA) is 21.3 Å². The van der Waals surface area contributed by atoms with Gasteiger partial charge in [0, 0.05) is 13.2 Å². The molecular weight excluding hydrogens is 150 g/mol. The Labute approximate surface area is 75.7 Å². The van der Waals surface area contributed by atoms with Crippen LogP contribution in [0.3, 0.4) is 0 Å². The first-order chi connectivity index (χ1) is 5.71. The van der Waals surface area contributed by atoms with Crippen molar-refractivity contribution in [2.24, 2.45) is 5.92 Å². The van der Waals surface area contributed by atoms with Gasteiger partial charge in [0.2, 0.25) is 0 Å². The maximum absolute atomic E-state index is 5.90. The van der Waals surface area contributed by atoms with Crippen LogP contribution in [0, 0.1) is 5.92 Å². The SMILES string of the molecule is CNCC1(C(C)C)CCCCO1. The summed E-state index contributed by atoms with van der Waals surface area (Å²) in [6, 6.07) is 0. The summed E-state index contributed by atoms with van der Waals surface area (Å²) in [6.45, 7) is 6.44. The van der Waals surface area contributed by atoms with Crippen molar-refractivity contribution in [1.29, 1.82) is 0 Å². The lowest BCUT2D eigenvalue weighted by molar-refractivity contribution is -0.105. The third kappa shape index (κ3) is 1.99. The summed E-state index contributed by atoms with van der Waals surface area (Å²) < 4.78 is 5.90. The van der Waals surface area contributed by atoms with E-state index in [0.717, 1.165) is 13.2 Å². The van der Waals surface area contributed by atoms with E-state index in [2.05, 4.69) is 19.2 Å². The van der Waals surface area contributed by atoms with Crippen molar-refractivity contribution in [2.45, 2.75) is 38.7 Å². The molecule has 0 radical (unpaired) electrons. The van der Waals surface area contributed by atoms with Gasteiger partial charge in [-0.25, -0.2) is 0 Å². The molecule has 0 aromatic rings. The monoisotopic (exact) mass is 171 g/mol. The lowest BCUT2D eigenvalue weighted by atomic mass is 9.83. The predicted molar refractivity (Wildman–Crippen MR) is 51.3 cm³/mol. The smallest absolute Gasteiger partial charge is 0.0828 e. The Morgan fingerprint density at radius 2 is 2.17 bits per heavy atom. The Bertz CT molecular complexity index is 122. The van der Waals surface area contributed by atoms with Crippen LogP contribution in [-0.4, -0.2) is 25.8 Å². The average molecular weight is 171 g/mol. The van der Waals surface area contributed by atoms with Crippen LogP contribution in [0.1, 0.15) is 33.1 Å². The molecule has 2 nitrogen and oxygen atoms in total. The van der Waals surface area contributed by atoms with Crippen molar-refractivity contribution >= 4 is 0 Å². The number of rotatable bonds is 3. The second kappa shape index (κ2) is 4.24. The molecule has 1 atom stereocenters. The highest BCUT2D eigenvalue weighted by molar-refractivity contribution is 4.88. The summed E-state index contributed by atoms with van der Waals surface area (Å²) in [6.07, 6.45) is 3.77. The van der Waals surface area contributed by atoms with Gasteiger partial charge in [-0.05, 0) is 32.2 Å². The second-order valence-electron chi connectivity index (χ2n) is 4.06. The summed E-state index contributed by atoms with van der Waals surface area (Å²) in [5.74, 6) is 0.616. The summed E-state index contributed by atoms with van der Waals surface area (Å²) in [5.41, 5.74) is 0.118. The molecule has 1 rings (SSSR count). The van der Waals surface area contributed by atoms with Gasteiger partial charge in [-0.3, -0.25) is 0 Å². The molecule has 0 spiro atoms. The van der Waals surface area contributed by atoms with E-state index in [9.17, 15) is 0 Å². The summed E-state index contributed by atoms with van der Waals surface area (Å²) in [7, 11) is 2.00. The molecule has 0 saturated carbocycles. The van der Waals surface area contributed by atoms with Gasteiger partial charge in [-0.1, -0.05) is 13.8 Å². The highest BCUT2D eigenvalue weighted by Gasteiger charge is 2.35. The lowest BCUT2D eigenvalue weighted by Crippen LogP contribution is -2.48. The lowest BCUT2D eigenvalue weighted by Gasteiger charge is -2.40. The van der Waals surface area contributed by atoms with Crippen LogP contribution in [0.5, 0.6) is 0 Å².